The summed E-state index contributed by atoms with van der Waals surface area (Å²) in [5.41, 5.74) is 3.19. The largest absolute Gasteiger partial charge is 0.346 e. The number of aryl methyl sites for hydroxylation is 1. The first-order chi connectivity index (χ1) is 12.0. The second-order valence-corrected chi connectivity index (χ2v) is 7.09. The molecule has 0 amide bonds. The molecule has 1 fully saturated rings. The zero-order valence-electron chi connectivity index (χ0n) is 14.1. The van der Waals surface area contributed by atoms with Crippen molar-refractivity contribution in [2.24, 2.45) is 0 Å². The molecule has 1 aliphatic rings. The molecule has 1 heterocycles. The number of hydrogen-bond acceptors (Lipinski definition) is 2. The third kappa shape index (κ3) is 4.91. The van der Waals surface area contributed by atoms with Crippen LogP contribution in [0, 0.1) is 12.7 Å². The molecule has 1 saturated heterocycles. The van der Waals surface area contributed by atoms with E-state index >= 15 is 0 Å². The second-order valence-electron chi connectivity index (χ2n) is 6.30. The highest BCUT2D eigenvalue weighted by Gasteiger charge is 2.19. The van der Waals surface area contributed by atoms with E-state index in [1.165, 1.54) is 17.7 Å². The van der Waals surface area contributed by atoms with Crippen LogP contribution in [0.4, 0.5) is 10.1 Å². The summed E-state index contributed by atoms with van der Waals surface area (Å²) in [6.07, 6.45) is 0. The van der Waals surface area contributed by atoms with Gasteiger partial charge in [-0.05, 0) is 49.0 Å². The van der Waals surface area contributed by atoms with Crippen LogP contribution in [0.25, 0.3) is 0 Å². The van der Waals surface area contributed by atoms with E-state index in [-0.39, 0.29) is 5.82 Å². The van der Waals surface area contributed by atoms with Gasteiger partial charge in [0.1, 0.15) is 5.82 Å². The Hall–Kier alpha value is -1.69. The summed E-state index contributed by atoms with van der Waals surface area (Å²) in [6, 6.07) is 12.8. The molecule has 0 bridgehead atoms. The molecule has 0 atom stereocenters. The fourth-order valence-corrected chi connectivity index (χ4v) is 3.37. The Morgan fingerprint density at radius 2 is 1.80 bits per heavy atom. The van der Waals surface area contributed by atoms with E-state index in [2.05, 4.69) is 34.2 Å². The van der Waals surface area contributed by atoms with Gasteiger partial charge in [-0.2, -0.15) is 0 Å². The van der Waals surface area contributed by atoms with E-state index in [9.17, 15) is 4.39 Å². The molecular weight excluding hydrogens is 357 g/mol. The van der Waals surface area contributed by atoms with E-state index < -0.39 is 0 Å². The van der Waals surface area contributed by atoms with E-state index in [0.29, 0.717) is 5.02 Å². The quantitative estimate of drug-likeness (QED) is 0.803. The highest BCUT2D eigenvalue weighted by atomic mass is 35.5. The Labute approximate surface area is 158 Å². The van der Waals surface area contributed by atoms with E-state index in [1.54, 1.807) is 6.07 Å². The van der Waals surface area contributed by atoms with Crippen molar-refractivity contribution in [3.05, 3.63) is 64.4 Å². The van der Waals surface area contributed by atoms with Crippen LogP contribution in [0.3, 0.4) is 0 Å². The number of benzene rings is 2. The third-order valence-electron chi connectivity index (χ3n) is 4.37. The monoisotopic (exact) mass is 377 g/mol. The van der Waals surface area contributed by atoms with Crippen molar-refractivity contribution in [2.75, 3.05) is 31.5 Å². The molecule has 132 valence electrons. The van der Waals surface area contributed by atoms with Crippen LogP contribution in [-0.4, -0.2) is 41.1 Å². The molecule has 2 aromatic carbocycles. The summed E-state index contributed by atoms with van der Waals surface area (Å²) in [4.78, 5) is 4.49. The van der Waals surface area contributed by atoms with Crippen molar-refractivity contribution in [1.82, 2.24) is 9.80 Å². The summed E-state index contributed by atoms with van der Waals surface area (Å²) in [6.45, 7) is 6.29. The van der Waals surface area contributed by atoms with Gasteiger partial charge in [0.25, 0.3) is 0 Å². The van der Waals surface area contributed by atoms with Gasteiger partial charge >= 0.3 is 0 Å². The number of hydrogen-bond donors (Lipinski definition) is 1. The summed E-state index contributed by atoms with van der Waals surface area (Å²) < 4.78 is 13.1. The smallest absolute Gasteiger partial charge is 0.173 e. The average molecular weight is 378 g/mol. The standard InChI is InChI=1S/C19H21ClFN3S/c1-14-2-6-17(7-3-14)22-19(25)24-10-8-23(9-11-24)13-15-4-5-16(21)12-18(15)20/h2-7,12H,8-11,13H2,1H3,(H,22,25). The maximum Gasteiger partial charge on any atom is 0.173 e. The maximum atomic E-state index is 13.1. The molecule has 3 nitrogen and oxygen atoms in total. The molecule has 25 heavy (non-hydrogen) atoms. The van der Waals surface area contributed by atoms with Gasteiger partial charge in [0.2, 0.25) is 0 Å². The van der Waals surface area contributed by atoms with Crippen LogP contribution in [0.1, 0.15) is 11.1 Å². The molecule has 0 radical (unpaired) electrons. The Morgan fingerprint density at radius 3 is 2.44 bits per heavy atom. The molecule has 2 aromatic rings. The van der Waals surface area contributed by atoms with Crippen molar-refractivity contribution in [2.45, 2.75) is 13.5 Å². The summed E-state index contributed by atoms with van der Waals surface area (Å²) >= 11 is 11.6. The van der Waals surface area contributed by atoms with Crippen LogP contribution >= 0.6 is 23.8 Å². The Kier molecular flexibility index (Phi) is 5.89. The minimum Gasteiger partial charge on any atom is -0.346 e. The van der Waals surface area contributed by atoms with Gasteiger partial charge in [-0.1, -0.05) is 35.4 Å². The molecule has 0 saturated carbocycles. The average Bonchev–Trinajstić information content (AvgIpc) is 2.60. The number of rotatable bonds is 3. The first-order valence-electron chi connectivity index (χ1n) is 8.30. The number of piperazine rings is 1. The SMILES string of the molecule is Cc1ccc(NC(=S)N2CCN(Cc3ccc(F)cc3Cl)CC2)cc1. The molecule has 0 unspecified atom stereocenters. The number of anilines is 1. The maximum absolute atomic E-state index is 13.1. The minimum absolute atomic E-state index is 0.300. The Balaban J connectivity index is 1.51. The van der Waals surface area contributed by atoms with Gasteiger partial charge in [-0.25, -0.2) is 4.39 Å². The van der Waals surface area contributed by atoms with Crippen molar-refractivity contribution in [1.29, 1.82) is 0 Å². The molecule has 0 aliphatic carbocycles. The van der Waals surface area contributed by atoms with Crippen molar-refractivity contribution in [3.63, 3.8) is 0 Å². The van der Waals surface area contributed by atoms with Crippen LogP contribution in [-0.2, 0) is 6.54 Å². The lowest BCUT2D eigenvalue weighted by Gasteiger charge is -2.36. The fourth-order valence-electron chi connectivity index (χ4n) is 2.84. The summed E-state index contributed by atoms with van der Waals surface area (Å²) in [5.74, 6) is -0.300. The van der Waals surface area contributed by atoms with Crippen LogP contribution in [0.2, 0.25) is 5.02 Å². The first-order valence-corrected chi connectivity index (χ1v) is 9.09. The molecule has 1 N–H and O–H groups in total. The van der Waals surface area contributed by atoms with Gasteiger partial charge in [-0.15, -0.1) is 0 Å². The van der Waals surface area contributed by atoms with Gasteiger partial charge in [0.05, 0.1) is 0 Å². The number of nitrogens with zero attached hydrogens (tertiary/aromatic N) is 2. The molecule has 0 spiro atoms. The lowest BCUT2D eigenvalue weighted by molar-refractivity contribution is 0.177. The van der Waals surface area contributed by atoms with Crippen LogP contribution in [0.5, 0.6) is 0 Å². The predicted molar refractivity (Wildman–Crippen MR) is 106 cm³/mol. The van der Waals surface area contributed by atoms with Gasteiger partial charge in [0, 0.05) is 43.4 Å². The molecule has 6 heteroatoms. The summed E-state index contributed by atoms with van der Waals surface area (Å²) in [5, 5.41) is 4.53. The topological polar surface area (TPSA) is 18.5 Å². The van der Waals surface area contributed by atoms with Crippen molar-refractivity contribution in [3.8, 4) is 0 Å². The number of nitrogens with one attached hydrogen (secondary N) is 1. The molecular formula is C19H21ClFN3S. The fraction of sp³-hybridized carbons (Fsp3) is 0.316. The highest BCUT2D eigenvalue weighted by Crippen LogP contribution is 2.20. The van der Waals surface area contributed by atoms with Crippen molar-refractivity contribution < 1.29 is 4.39 Å². The lowest BCUT2D eigenvalue weighted by Crippen LogP contribution is -2.49. The van der Waals surface area contributed by atoms with E-state index in [1.807, 2.05) is 12.1 Å². The van der Waals surface area contributed by atoms with Crippen molar-refractivity contribution >= 4 is 34.6 Å². The molecule has 3 rings (SSSR count). The highest BCUT2D eigenvalue weighted by molar-refractivity contribution is 7.80. The van der Waals surface area contributed by atoms with Crippen LogP contribution < -0.4 is 5.32 Å². The van der Waals surface area contributed by atoms with Gasteiger partial charge in [0.15, 0.2) is 5.11 Å². The second kappa shape index (κ2) is 8.13. The zero-order valence-corrected chi connectivity index (χ0v) is 15.7. The van der Waals surface area contributed by atoms with Gasteiger partial charge in [-0.3, -0.25) is 4.90 Å². The number of thiocarbonyl (C=S) groups is 1. The normalized spacial score (nSPS) is 15.2. The molecule has 0 aromatic heterocycles. The lowest BCUT2D eigenvalue weighted by atomic mass is 10.2. The predicted octanol–water partition coefficient (Wildman–Crippen LogP) is 4.30. The first kappa shape index (κ1) is 18.1. The van der Waals surface area contributed by atoms with Crippen LogP contribution in [0.15, 0.2) is 42.5 Å². The summed E-state index contributed by atoms with van der Waals surface area (Å²) in [7, 11) is 0. The Bertz CT molecular complexity index is 743. The minimum atomic E-state index is -0.300. The zero-order chi connectivity index (χ0) is 17.8. The third-order valence-corrected chi connectivity index (χ3v) is 5.08. The Morgan fingerprint density at radius 1 is 1.12 bits per heavy atom. The van der Waals surface area contributed by atoms with Gasteiger partial charge < -0.3 is 10.2 Å². The van der Waals surface area contributed by atoms with E-state index in [0.717, 1.165) is 49.1 Å². The van der Waals surface area contributed by atoms with E-state index in [4.69, 9.17) is 23.8 Å². The number of halogens is 2. The molecule has 1 aliphatic heterocycles.